The van der Waals surface area contributed by atoms with Crippen molar-refractivity contribution in [2.75, 3.05) is 0 Å². The minimum atomic E-state index is -0.853. The van der Waals surface area contributed by atoms with Gasteiger partial charge in [0.2, 0.25) is 11.7 Å². The van der Waals surface area contributed by atoms with Gasteiger partial charge in [0, 0.05) is 5.56 Å². The van der Waals surface area contributed by atoms with Crippen LogP contribution in [0.1, 0.15) is 19.7 Å². The van der Waals surface area contributed by atoms with Gasteiger partial charge in [-0.05, 0) is 30.2 Å². The molecule has 5 nitrogen and oxygen atoms in total. The standard InChI is InChI=1S/C14H15FN2O3S/c1-8(2)12(14(18)19)21-7-11-16-13(17-20-11)9-3-5-10(15)6-4-9/h3-6,8,12H,7H2,1-2H3,(H,18,19). The zero-order valence-electron chi connectivity index (χ0n) is 11.6. The van der Waals surface area contributed by atoms with Crippen molar-refractivity contribution in [3.63, 3.8) is 0 Å². The van der Waals surface area contributed by atoms with Crippen LogP contribution in [0, 0.1) is 11.7 Å². The third kappa shape index (κ3) is 4.04. The third-order valence-electron chi connectivity index (χ3n) is 2.81. The second-order valence-electron chi connectivity index (χ2n) is 4.83. The van der Waals surface area contributed by atoms with E-state index < -0.39 is 11.2 Å². The van der Waals surface area contributed by atoms with E-state index in [1.54, 1.807) is 12.1 Å². The molecule has 2 rings (SSSR count). The van der Waals surface area contributed by atoms with Gasteiger partial charge in [0.25, 0.3) is 0 Å². The number of carboxylic acids is 1. The lowest BCUT2D eigenvalue weighted by Gasteiger charge is -2.13. The summed E-state index contributed by atoms with van der Waals surface area (Å²) < 4.78 is 17.9. The SMILES string of the molecule is CC(C)C(SCc1nc(-c2ccc(F)cc2)no1)C(=O)O. The van der Waals surface area contributed by atoms with Gasteiger partial charge in [0.05, 0.1) is 5.75 Å². The van der Waals surface area contributed by atoms with Gasteiger partial charge in [-0.2, -0.15) is 4.98 Å². The van der Waals surface area contributed by atoms with Crippen LogP contribution in [0.2, 0.25) is 0 Å². The van der Waals surface area contributed by atoms with Crippen LogP contribution < -0.4 is 0 Å². The van der Waals surface area contributed by atoms with E-state index >= 15 is 0 Å². The predicted octanol–water partition coefficient (Wildman–Crippen LogP) is 3.22. The molecule has 0 saturated carbocycles. The van der Waals surface area contributed by atoms with Crippen LogP contribution in [0.3, 0.4) is 0 Å². The van der Waals surface area contributed by atoms with E-state index in [4.69, 9.17) is 9.63 Å². The molecular formula is C14H15FN2O3S. The number of hydrogen-bond donors (Lipinski definition) is 1. The highest BCUT2D eigenvalue weighted by atomic mass is 32.2. The van der Waals surface area contributed by atoms with Gasteiger partial charge >= 0.3 is 5.97 Å². The van der Waals surface area contributed by atoms with E-state index in [0.717, 1.165) is 0 Å². The van der Waals surface area contributed by atoms with E-state index in [9.17, 15) is 9.18 Å². The lowest BCUT2D eigenvalue weighted by atomic mass is 10.1. The number of nitrogens with zero attached hydrogens (tertiary/aromatic N) is 2. The number of carbonyl (C=O) groups is 1. The molecular weight excluding hydrogens is 295 g/mol. The van der Waals surface area contributed by atoms with Crippen molar-refractivity contribution in [1.82, 2.24) is 10.1 Å². The molecule has 2 aromatic rings. The summed E-state index contributed by atoms with van der Waals surface area (Å²) in [4.78, 5) is 15.3. The lowest BCUT2D eigenvalue weighted by Crippen LogP contribution is -2.22. The summed E-state index contributed by atoms with van der Waals surface area (Å²) in [6.07, 6.45) is 0. The number of thioether (sulfide) groups is 1. The van der Waals surface area contributed by atoms with Gasteiger partial charge in [-0.1, -0.05) is 19.0 Å². The summed E-state index contributed by atoms with van der Waals surface area (Å²) in [6, 6.07) is 5.76. The van der Waals surface area contributed by atoms with Crippen molar-refractivity contribution in [1.29, 1.82) is 0 Å². The Bertz CT molecular complexity index is 613. The van der Waals surface area contributed by atoms with Crippen molar-refractivity contribution >= 4 is 17.7 Å². The normalized spacial score (nSPS) is 12.6. The van der Waals surface area contributed by atoms with Gasteiger partial charge in [-0.3, -0.25) is 4.79 Å². The summed E-state index contributed by atoms with van der Waals surface area (Å²) >= 11 is 1.25. The molecule has 0 bridgehead atoms. The maximum Gasteiger partial charge on any atom is 0.316 e. The summed E-state index contributed by atoms with van der Waals surface area (Å²) in [7, 11) is 0. The lowest BCUT2D eigenvalue weighted by molar-refractivity contribution is -0.137. The molecule has 0 amide bonds. The number of rotatable bonds is 6. The van der Waals surface area contributed by atoms with Gasteiger partial charge in [-0.15, -0.1) is 11.8 Å². The molecule has 0 saturated heterocycles. The molecule has 1 N–H and O–H groups in total. The first kappa shape index (κ1) is 15.5. The van der Waals surface area contributed by atoms with E-state index in [2.05, 4.69) is 10.1 Å². The van der Waals surface area contributed by atoms with Crippen LogP contribution in [0.4, 0.5) is 4.39 Å². The Morgan fingerprint density at radius 1 is 1.38 bits per heavy atom. The zero-order valence-corrected chi connectivity index (χ0v) is 12.4. The number of benzene rings is 1. The average molecular weight is 310 g/mol. The van der Waals surface area contributed by atoms with Crippen LogP contribution in [-0.2, 0) is 10.5 Å². The predicted molar refractivity (Wildman–Crippen MR) is 77.2 cm³/mol. The Balaban J connectivity index is 2.03. The molecule has 1 heterocycles. The highest BCUT2D eigenvalue weighted by Crippen LogP contribution is 2.24. The molecule has 0 spiro atoms. The van der Waals surface area contributed by atoms with Crippen molar-refractivity contribution in [2.24, 2.45) is 5.92 Å². The van der Waals surface area contributed by atoms with Gasteiger partial charge < -0.3 is 9.63 Å². The minimum Gasteiger partial charge on any atom is -0.480 e. The average Bonchev–Trinajstić information content (AvgIpc) is 2.87. The molecule has 1 aromatic heterocycles. The summed E-state index contributed by atoms with van der Waals surface area (Å²) in [5.74, 6) is -0.142. The van der Waals surface area contributed by atoms with Gasteiger partial charge in [-0.25, -0.2) is 4.39 Å². The zero-order chi connectivity index (χ0) is 15.4. The number of hydrogen-bond acceptors (Lipinski definition) is 5. The third-order valence-corrected chi connectivity index (χ3v) is 4.32. The summed E-state index contributed by atoms with van der Waals surface area (Å²) in [5.41, 5.74) is 0.648. The Morgan fingerprint density at radius 3 is 2.62 bits per heavy atom. The molecule has 0 aliphatic rings. The molecule has 21 heavy (non-hydrogen) atoms. The molecule has 7 heteroatoms. The number of carboxylic acid groups (broad SMARTS) is 1. The first-order valence-electron chi connectivity index (χ1n) is 6.40. The highest BCUT2D eigenvalue weighted by molar-refractivity contribution is 7.99. The summed E-state index contributed by atoms with van der Waals surface area (Å²) in [6.45, 7) is 3.70. The largest absolute Gasteiger partial charge is 0.480 e. The number of halogens is 1. The minimum absolute atomic E-state index is 0.00647. The van der Waals surface area contributed by atoms with E-state index in [1.807, 2.05) is 13.8 Å². The Hall–Kier alpha value is -1.89. The first-order valence-corrected chi connectivity index (χ1v) is 7.45. The second kappa shape index (κ2) is 6.71. The Labute approximate surface area is 125 Å². The van der Waals surface area contributed by atoms with E-state index in [-0.39, 0.29) is 11.7 Å². The first-order chi connectivity index (χ1) is 9.97. The number of aromatic nitrogens is 2. The Morgan fingerprint density at radius 2 is 2.05 bits per heavy atom. The van der Waals surface area contributed by atoms with E-state index in [0.29, 0.717) is 23.0 Å². The maximum absolute atomic E-state index is 12.8. The topological polar surface area (TPSA) is 76.2 Å². The number of aliphatic carboxylic acids is 1. The monoisotopic (exact) mass is 310 g/mol. The smallest absolute Gasteiger partial charge is 0.316 e. The van der Waals surface area contributed by atoms with Crippen molar-refractivity contribution in [3.8, 4) is 11.4 Å². The molecule has 1 unspecified atom stereocenters. The molecule has 1 aromatic carbocycles. The molecule has 0 aliphatic heterocycles. The van der Waals surface area contributed by atoms with Crippen LogP contribution in [-0.4, -0.2) is 26.5 Å². The maximum atomic E-state index is 12.8. The fourth-order valence-corrected chi connectivity index (χ4v) is 2.71. The fraction of sp³-hybridized carbons (Fsp3) is 0.357. The van der Waals surface area contributed by atoms with Crippen molar-refractivity contribution < 1.29 is 18.8 Å². The van der Waals surface area contributed by atoms with Crippen molar-refractivity contribution in [3.05, 3.63) is 36.0 Å². The molecule has 0 aliphatic carbocycles. The van der Waals surface area contributed by atoms with Crippen molar-refractivity contribution in [2.45, 2.75) is 24.9 Å². The van der Waals surface area contributed by atoms with E-state index in [1.165, 1.54) is 23.9 Å². The van der Waals surface area contributed by atoms with Crippen LogP contribution in [0.25, 0.3) is 11.4 Å². The summed E-state index contributed by atoms with van der Waals surface area (Å²) in [5, 5.41) is 12.4. The van der Waals surface area contributed by atoms with Crippen LogP contribution in [0.15, 0.2) is 28.8 Å². The molecule has 1 atom stereocenters. The molecule has 0 radical (unpaired) electrons. The van der Waals surface area contributed by atoms with Crippen LogP contribution >= 0.6 is 11.8 Å². The second-order valence-corrected chi connectivity index (χ2v) is 5.96. The van der Waals surface area contributed by atoms with Gasteiger partial charge in [0.15, 0.2) is 0 Å². The van der Waals surface area contributed by atoms with Gasteiger partial charge in [0.1, 0.15) is 11.1 Å². The molecule has 112 valence electrons. The Kier molecular flexibility index (Phi) is 4.95. The highest BCUT2D eigenvalue weighted by Gasteiger charge is 2.23. The molecule has 0 fully saturated rings. The quantitative estimate of drug-likeness (QED) is 0.883. The fourth-order valence-electron chi connectivity index (χ4n) is 1.74. The van der Waals surface area contributed by atoms with Crippen LogP contribution in [0.5, 0.6) is 0 Å².